The van der Waals surface area contributed by atoms with Gasteiger partial charge in [0.05, 0.1) is 28.9 Å². The second kappa shape index (κ2) is 5.24. The molecule has 0 saturated heterocycles. The van der Waals surface area contributed by atoms with E-state index in [1.165, 1.54) is 0 Å². The van der Waals surface area contributed by atoms with Gasteiger partial charge in [0.2, 0.25) is 0 Å². The standard InChI is InChI=1S/C14H10BrClN2OS/c1-19-13-7-9(3-4-10(13)16)18-12-5-2-8(15)6-11(12)17-14(18)20/h2-7H,1H3,(H,17,20). The number of aromatic nitrogens is 2. The molecule has 0 unspecified atom stereocenters. The fourth-order valence-electron chi connectivity index (χ4n) is 2.13. The Morgan fingerprint density at radius 3 is 2.80 bits per heavy atom. The van der Waals surface area contributed by atoms with Crippen LogP contribution in [0.15, 0.2) is 40.9 Å². The third kappa shape index (κ3) is 2.26. The summed E-state index contributed by atoms with van der Waals surface area (Å²) in [5.74, 6) is 0.623. The van der Waals surface area contributed by atoms with E-state index < -0.39 is 0 Å². The molecule has 0 spiro atoms. The quantitative estimate of drug-likeness (QED) is 0.636. The Morgan fingerprint density at radius 1 is 1.25 bits per heavy atom. The van der Waals surface area contributed by atoms with Gasteiger partial charge >= 0.3 is 0 Å². The minimum absolute atomic E-state index is 0.574. The van der Waals surface area contributed by atoms with Crippen LogP contribution in [0.4, 0.5) is 0 Å². The Hall–Kier alpha value is -1.30. The Balaban J connectivity index is 2.29. The third-order valence-corrected chi connectivity index (χ3v) is 4.13. The number of rotatable bonds is 2. The van der Waals surface area contributed by atoms with Gasteiger partial charge in [-0.1, -0.05) is 27.5 Å². The predicted molar refractivity (Wildman–Crippen MR) is 87.7 cm³/mol. The van der Waals surface area contributed by atoms with Gasteiger partial charge in [0.15, 0.2) is 4.77 Å². The molecule has 1 aromatic heterocycles. The smallest absolute Gasteiger partial charge is 0.182 e. The number of imidazole rings is 1. The van der Waals surface area contributed by atoms with Gasteiger partial charge in [0.25, 0.3) is 0 Å². The molecule has 3 aromatic rings. The van der Waals surface area contributed by atoms with Crippen LogP contribution in [0.3, 0.4) is 0 Å². The van der Waals surface area contributed by atoms with Crippen LogP contribution in [0.2, 0.25) is 5.02 Å². The van der Waals surface area contributed by atoms with Crippen molar-refractivity contribution in [2.45, 2.75) is 0 Å². The average molecular weight is 370 g/mol. The van der Waals surface area contributed by atoms with E-state index in [1.54, 1.807) is 13.2 Å². The summed E-state index contributed by atoms with van der Waals surface area (Å²) < 4.78 is 8.84. The van der Waals surface area contributed by atoms with Crippen LogP contribution in [-0.4, -0.2) is 16.7 Å². The lowest BCUT2D eigenvalue weighted by atomic mass is 10.2. The Labute approximate surface area is 134 Å². The molecular formula is C14H10BrClN2OS. The van der Waals surface area contributed by atoms with E-state index in [0.717, 1.165) is 21.2 Å². The maximum Gasteiger partial charge on any atom is 0.182 e. The molecule has 2 aromatic carbocycles. The van der Waals surface area contributed by atoms with Gasteiger partial charge in [-0.05, 0) is 42.5 Å². The summed E-state index contributed by atoms with van der Waals surface area (Å²) in [4.78, 5) is 3.19. The molecule has 0 amide bonds. The summed E-state index contributed by atoms with van der Waals surface area (Å²) in [5.41, 5.74) is 2.88. The van der Waals surface area contributed by atoms with Crippen molar-refractivity contribution >= 4 is 50.8 Å². The van der Waals surface area contributed by atoms with Gasteiger partial charge in [-0.15, -0.1) is 0 Å². The zero-order valence-electron chi connectivity index (χ0n) is 10.5. The van der Waals surface area contributed by atoms with E-state index in [0.29, 0.717) is 15.5 Å². The molecule has 0 aliphatic rings. The minimum atomic E-state index is 0.574. The number of hydrogen-bond donors (Lipinski definition) is 1. The topological polar surface area (TPSA) is 29.9 Å². The van der Waals surface area contributed by atoms with Gasteiger partial charge < -0.3 is 9.72 Å². The van der Waals surface area contributed by atoms with Crippen LogP contribution in [0.1, 0.15) is 0 Å². The number of benzene rings is 2. The summed E-state index contributed by atoms with van der Waals surface area (Å²) in [6.07, 6.45) is 0. The number of nitrogens with zero attached hydrogens (tertiary/aromatic N) is 1. The molecule has 20 heavy (non-hydrogen) atoms. The van der Waals surface area contributed by atoms with Crippen LogP contribution in [-0.2, 0) is 0 Å². The maximum atomic E-state index is 6.06. The highest BCUT2D eigenvalue weighted by Gasteiger charge is 2.09. The summed E-state index contributed by atoms with van der Waals surface area (Å²) in [6.45, 7) is 0. The summed E-state index contributed by atoms with van der Waals surface area (Å²) in [5, 5.41) is 0.574. The van der Waals surface area contributed by atoms with Gasteiger partial charge in [0, 0.05) is 10.5 Å². The van der Waals surface area contributed by atoms with E-state index in [4.69, 9.17) is 28.6 Å². The van der Waals surface area contributed by atoms with Crippen molar-refractivity contribution in [3.8, 4) is 11.4 Å². The van der Waals surface area contributed by atoms with Crippen molar-refractivity contribution < 1.29 is 4.74 Å². The molecular weight excluding hydrogens is 360 g/mol. The van der Waals surface area contributed by atoms with Crippen molar-refractivity contribution in [1.29, 1.82) is 0 Å². The molecule has 6 heteroatoms. The second-order valence-electron chi connectivity index (χ2n) is 4.25. The molecule has 1 N–H and O–H groups in total. The number of hydrogen-bond acceptors (Lipinski definition) is 2. The first-order chi connectivity index (χ1) is 9.60. The monoisotopic (exact) mass is 368 g/mol. The van der Waals surface area contributed by atoms with E-state index in [9.17, 15) is 0 Å². The molecule has 0 radical (unpaired) electrons. The van der Waals surface area contributed by atoms with Crippen molar-refractivity contribution in [3.63, 3.8) is 0 Å². The molecule has 3 nitrogen and oxygen atoms in total. The average Bonchev–Trinajstić information content (AvgIpc) is 2.74. The highest BCUT2D eigenvalue weighted by molar-refractivity contribution is 9.10. The van der Waals surface area contributed by atoms with E-state index in [2.05, 4.69) is 20.9 Å². The third-order valence-electron chi connectivity index (χ3n) is 3.04. The minimum Gasteiger partial charge on any atom is -0.495 e. The van der Waals surface area contributed by atoms with Crippen LogP contribution < -0.4 is 4.74 Å². The summed E-state index contributed by atoms with van der Waals surface area (Å²) >= 11 is 14.9. The Kier molecular flexibility index (Phi) is 3.58. The Bertz CT molecular complexity index is 856. The predicted octanol–water partition coefficient (Wildman–Crippen LogP) is 5.11. The molecule has 0 aliphatic carbocycles. The number of H-pyrrole nitrogens is 1. The first-order valence-electron chi connectivity index (χ1n) is 5.84. The first kappa shape index (κ1) is 13.7. The number of fused-ring (bicyclic) bond motifs is 1. The van der Waals surface area contributed by atoms with Crippen LogP contribution in [0, 0.1) is 4.77 Å². The first-order valence-corrected chi connectivity index (χ1v) is 7.42. The van der Waals surface area contributed by atoms with Gasteiger partial charge in [0.1, 0.15) is 5.75 Å². The fraction of sp³-hybridized carbons (Fsp3) is 0.0714. The molecule has 0 bridgehead atoms. The molecule has 0 atom stereocenters. The lowest BCUT2D eigenvalue weighted by Gasteiger charge is -2.08. The largest absolute Gasteiger partial charge is 0.495 e. The van der Waals surface area contributed by atoms with Crippen LogP contribution in [0.25, 0.3) is 16.7 Å². The van der Waals surface area contributed by atoms with E-state index >= 15 is 0 Å². The molecule has 3 rings (SSSR count). The van der Waals surface area contributed by atoms with E-state index in [-0.39, 0.29) is 0 Å². The number of halogens is 2. The highest BCUT2D eigenvalue weighted by Crippen LogP contribution is 2.29. The summed E-state index contributed by atoms with van der Waals surface area (Å²) in [6, 6.07) is 11.6. The van der Waals surface area contributed by atoms with Crippen LogP contribution >= 0.6 is 39.7 Å². The van der Waals surface area contributed by atoms with Crippen molar-refractivity contribution in [2.75, 3.05) is 7.11 Å². The lowest BCUT2D eigenvalue weighted by molar-refractivity contribution is 0.415. The molecule has 1 heterocycles. The number of aromatic amines is 1. The van der Waals surface area contributed by atoms with Crippen molar-refractivity contribution in [1.82, 2.24) is 9.55 Å². The zero-order chi connectivity index (χ0) is 14.3. The second-order valence-corrected chi connectivity index (χ2v) is 5.96. The molecule has 0 saturated carbocycles. The maximum absolute atomic E-state index is 6.06. The van der Waals surface area contributed by atoms with Crippen molar-refractivity contribution in [3.05, 3.63) is 50.7 Å². The molecule has 0 fully saturated rings. The van der Waals surface area contributed by atoms with Crippen LogP contribution in [0.5, 0.6) is 5.75 Å². The highest BCUT2D eigenvalue weighted by atomic mass is 79.9. The number of methoxy groups -OCH3 is 1. The van der Waals surface area contributed by atoms with Gasteiger partial charge in [-0.3, -0.25) is 4.57 Å². The SMILES string of the molecule is COc1cc(-n2c(=S)[nH]c3cc(Br)ccc32)ccc1Cl. The van der Waals surface area contributed by atoms with Gasteiger partial charge in [-0.25, -0.2) is 0 Å². The van der Waals surface area contributed by atoms with Gasteiger partial charge in [-0.2, -0.15) is 0 Å². The fourth-order valence-corrected chi connectivity index (χ4v) is 3.00. The zero-order valence-corrected chi connectivity index (χ0v) is 13.6. The lowest BCUT2D eigenvalue weighted by Crippen LogP contribution is -1.95. The molecule has 102 valence electrons. The number of ether oxygens (including phenoxy) is 1. The summed E-state index contributed by atoms with van der Waals surface area (Å²) in [7, 11) is 1.59. The molecule has 0 aliphatic heterocycles. The van der Waals surface area contributed by atoms with Crippen molar-refractivity contribution in [2.24, 2.45) is 0 Å². The number of nitrogens with one attached hydrogen (secondary N) is 1. The Morgan fingerprint density at radius 2 is 2.05 bits per heavy atom. The van der Waals surface area contributed by atoms with E-state index in [1.807, 2.05) is 34.9 Å². The normalized spacial score (nSPS) is 10.9.